The van der Waals surface area contributed by atoms with Gasteiger partial charge in [0.05, 0.1) is 12.1 Å². The van der Waals surface area contributed by atoms with E-state index in [9.17, 15) is 0 Å². The number of pyridine rings is 1. The number of hydrogen-bond acceptors (Lipinski definition) is 1. The van der Waals surface area contributed by atoms with E-state index in [1.807, 2.05) is 49.5 Å². The van der Waals surface area contributed by atoms with Crippen LogP contribution in [0.1, 0.15) is 25.3 Å². The standard InChI is InChI=1S/C25H20N3.C12H10N.Ir/c1-2-3-14-26-15-16-27(17-26)22-12-7-13-23-24(22)20-10-6-9-19-18-8-4-5-11-21(18)28(23)25(19)20;1-10-7-8-12(13-9-10)11-5-3-2-4-6-11;/h4-11,13,15-16H,2-3,14H2,1H3;2-5,7-9H,1H3;/q2*-1;+3. The summed E-state index contributed by atoms with van der Waals surface area (Å²) in [6, 6.07) is 38.1. The zero-order chi connectivity index (χ0) is 27.8. The van der Waals surface area contributed by atoms with E-state index >= 15 is 0 Å². The van der Waals surface area contributed by atoms with E-state index in [0.29, 0.717) is 0 Å². The third kappa shape index (κ3) is 4.89. The van der Waals surface area contributed by atoms with E-state index in [2.05, 4.69) is 111 Å². The Morgan fingerprint density at radius 3 is 2.45 bits per heavy atom. The maximum absolute atomic E-state index is 4.32. The zero-order valence-electron chi connectivity index (χ0n) is 23.6. The van der Waals surface area contributed by atoms with Crippen LogP contribution in [0.25, 0.3) is 55.0 Å². The summed E-state index contributed by atoms with van der Waals surface area (Å²) in [6.45, 7) is 5.25. The van der Waals surface area contributed by atoms with Crippen LogP contribution in [0, 0.1) is 25.4 Å². The molecule has 4 aromatic carbocycles. The van der Waals surface area contributed by atoms with E-state index in [1.54, 1.807) is 0 Å². The summed E-state index contributed by atoms with van der Waals surface area (Å²) in [5.41, 5.74) is 8.05. The van der Waals surface area contributed by atoms with Gasteiger partial charge in [0.2, 0.25) is 6.33 Å². The fourth-order valence-electron chi connectivity index (χ4n) is 5.70. The molecule has 0 aliphatic carbocycles. The third-order valence-electron chi connectivity index (χ3n) is 7.68. The summed E-state index contributed by atoms with van der Waals surface area (Å²) < 4.78 is 6.63. The van der Waals surface area contributed by atoms with Gasteiger partial charge in [0.15, 0.2) is 0 Å². The molecule has 0 atom stereocenters. The van der Waals surface area contributed by atoms with Crippen molar-refractivity contribution in [2.45, 2.75) is 33.2 Å². The fourth-order valence-corrected chi connectivity index (χ4v) is 5.70. The van der Waals surface area contributed by atoms with E-state index in [-0.39, 0.29) is 20.1 Å². The molecule has 0 saturated carbocycles. The number of aryl methyl sites for hydroxylation is 2. The monoisotopic (exact) mass is 723 g/mol. The number of rotatable bonds is 5. The molecule has 0 aliphatic rings. The van der Waals surface area contributed by atoms with E-state index in [0.717, 1.165) is 23.5 Å². The van der Waals surface area contributed by atoms with Crippen LogP contribution in [-0.4, -0.2) is 14.0 Å². The van der Waals surface area contributed by atoms with Crippen LogP contribution < -0.4 is 4.57 Å². The summed E-state index contributed by atoms with van der Waals surface area (Å²) in [5.74, 6) is 0. The molecule has 0 saturated heterocycles. The number of imidazole rings is 1. The first-order valence-electron chi connectivity index (χ1n) is 14.2. The van der Waals surface area contributed by atoms with Crippen LogP contribution in [0.5, 0.6) is 0 Å². The first-order valence-corrected chi connectivity index (χ1v) is 14.2. The van der Waals surface area contributed by atoms with Crippen molar-refractivity contribution in [1.29, 1.82) is 0 Å². The molecule has 0 spiro atoms. The van der Waals surface area contributed by atoms with Gasteiger partial charge in [-0.3, -0.25) is 0 Å². The second kappa shape index (κ2) is 11.9. The van der Waals surface area contributed by atoms with Gasteiger partial charge in [-0.15, -0.1) is 42.0 Å². The Kier molecular flexibility index (Phi) is 7.88. The van der Waals surface area contributed by atoms with Crippen molar-refractivity contribution in [3.8, 4) is 16.9 Å². The van der Waals surface area contributed by atoms with Gasteiger partial charge in [-0.05, 0) is 30.7 Å². The van der Waals surface area contributed by atoms with Gasteiger partial charge in [-0.1, -0.05) is 83.9 Å². The molecule has 0 unspecified atom stereocenters. The van der Waals surface area contributed by atoms with Crippen molar-refractivity contribution in [2.75, 3.05) is 0 Å². The number of aromatic nitrogens is 4. The maximum Gasteiger partial charge on any atom is 3.00 e. The first kappa shape index (κ1) is 27.8. The van der Waals surface area contributed by atoms with Crippen LogP contribution in [0.2, 0.25) is 0 Å². The van der Waals surface area contributed by atoms with Gasteiger partial charge in [-0.25, -0.2) is 0 Å². The Morgan fingerprint density at radius 1 is 0.810 bits per heavy atom. The molecule has 4 heterocycles. The molecule has 0 radical (unpaired) electrons. The van der Waals surface area contributed by atoms with E-state index in [4.69, 9.17) is 0 Å². The van der Waals surface area contributed by atoms with E-state index < -0.39 is 0 Å². The van der Waals surface area contributed by atoms with Crippen molar-refractivity contribution >= 4 is 38.1 Å². The van der Waals surface area contributed by atoms with Crippen molar-refractivity contribution in [3.05, 3.63) is 134 Å². The Labute approximate surface area is 259 Å². The minimum atomic E-state index is 0. The molecular weight excluding hydrogens is 693 g/mol. The molecule has 0 bridgehead atoms. The van der Waals surface area contributed by atoms with Gasteiger partial charge in [-0.2, -0.15) is 12.1 Å². The van der Waals surface area contributed by atoms with Gasteiger partial charge in [0.1, 0.15) is 0 Å². The van der Waals surface area contributed by atoms with E-state index in [1.165, 1.54) is 56.5 Å². The molecule has 4 aromatic heterocycles. The molecule has 0 fully saturated rings. The van der Waals surface area contributed by atoms with Crippen LogP contribution in [-0.2, 0) is 26.7 Å². The summed E-state index contributed by atoms with van der Waals surface area (Å²) in [5, 5.41) is 5.13. The molecule has 4 nitrogen and oxygen atoms in total. The minimum Gasteiger partial charge on any atom is -0.348 e. The molecule has 0 amide bonds. The normalized spacial score (nSPS) is 11.2. The van der Waals surface area contributed by atoms with Crippen molar-refractivity contribution in [1.82, 2.24) is 14.0 Å². The first-order chi connectivity index (χ1) is 20.2. The van der Waals surface area contributed by atoms with Crippen molar-refractivity contribution in [3.63, 3.8) is 0 Å². The number of unbranched alkanes of at least 4 members (excludes halogenated alkanes) is 1. The van der Waals surface area contributed by atoms with Crippen LogP contribution >= 0.6 is 0 Å². The predicted octanol–water partition coefficient (Wildman–Crippen LogP) is 8.17. The second-order valence-electron chi connectivity index (χ2n) is 10.5. The summed E-state index contributed by atoms with van der Waals surface area (Å²) in [4.78, 5) is 4.32. The van der Waals surface area contributed by atoms with Crippen LogP contribution in [0.4, 0.5) is 0 Å². The van der Waals surface area contributed by atoms with Gasteiger partial charge in [0, 0.05) is 34.9 Å². The average Bonchev–Trinajstić information content (AvgIpc) is 3.73. The summed E-state index contributed by atoms with van der Waals surface area (Å²) in [7, 11) is 0. The number of benzene rings is 4. The number of fused-ring (bicyclic) bond motifs is 6. The molecule has 42 heavy (non-hydrogen) atoms. The molecular formula is C37H30IrN4+. The quantitative estimate of drug-likeness (QED) is 0.130. The number of hydrogen-bond donors (Lipinski definition) is 0. The average molecular weight is 723 g/mol. The van der Waals surface area contributed by atoms with Crippen LogP contribution in [0.15, 0.2) is 110 Å². The minimum absolute atomic E-state index is 0. The van der Waals surface area contributed by atoms with Gasteiger partial charge >= 0.3 is 20.1 Å². The van der Waals surface area contributed by atoms with Crippen molar-refractivity contribution in [2.24, 2.45) is 0 Å². The van der Waals surface area contributed by atoms with Gasteiger partial charge < -0.3 is 18.5 Å². The maximum atomic E-state index is 4.32. The molecule has 8 rings (SSSR count). The topological polar surface area (TPSA) is 26.1 Å². The Bertz CT molecular complexity index is 2090. The molecule has 5 heteroatoms. The summed E-state index contributed by atoms with van der Waals surface area (Å²) in [6.07, 6.45) is 11.9. The smallest absolute Gasteiger partial charge is 0.348 e. The second-order valence-corrected chi connectivity index (χ2v) is 10.5. The van der Waals surface area contributed by atoms with Gasteiger partial charge in [0.25, 0.3) is 0 Å². The molecule has 206 valence electrons. The molecule has 8 aromatic rings. The summed E-state index contributed by atoms with van der Waals surface area (Å²) >= 11 is 0. The SMILES string of the molecule is CCCC[n+]1[c-]n(-c2[c-]ccc3c2c2cccc4c5ccccc5n3c42)cc1.Cc1ccc(-c2[c-]cccc2)nc1.[Ir+3]. The Morgan fingerprint density at radius 2 is 1.64 bits per heavy atom. The molecule has 0 aliphatic heterocycles. The number of nitrogens with zero attached hydrogens (tertiary/aromatic N) is 4. The fraction of sp³-hybridized carbons (Fsp3) is 0.135. The zero-order valence-corrected chi connectivity index (χ0v) is 26.0. The third-order valence-corrected chi connectivity index (χ3v) is 7.68. The Balaban J connectivity index is 0.000000191. The largest absolute Gasteiger partial charge is 3.00 e. The number of para-hydroxylation sites is 2. The van der Waals surface area contributed by atoms with Crippen molar-refractivity contribution < 1.29 is 24.7 Å². The molecule has 0 N–H and O–H groups in total. The van der Waals surface area contributed by atoms with Crippen LogP contribution in [0.3, 0.4) is 0 Å². The predicted molar refractivity (Wildman–Crippen MR) is 166 cm³/mol. The Hall–Kier alpha value is -4.31.